The number of rotatable bonds is 6. The Hall–Kier alpha value is -2.10. The molecule has 2 aromatic rings. The number of carbonyl (C=O) groups excluding carboxylic acids is 1. The van der Waals surface area contributed by atoms with Crippen LogP contribution in [0.15, 0.2) is 30.5 Å². The van der Waals surface area contributed by atoms with Gasteiger partial charge < -0.3 is 10.1 Å². The lowest BCUT2D eigenvalue weighted by Crippen LogP contribution is -2.04. The minimum absolute atomic E-state index is 0.0552. The van der Waals surface area contributed by atoms with Crippen LogP contribution in [0.4, 0.5) is 0 Å². The number of aromatic amines is 1. The summed E-state index contributed by atoms with van der Waals surface area (Å²) in [6.07, 6.45) is 3.01. The van der Waals surface area contributed by atoms with Gasteiger partial charge in [0.2, 0.25) is 0 Å². The van der Waals surface area contributed by atoms with Gasteiger partial charge in [0.25, 0.3) is 0 Å². The van der Waals surface area contributed by atoms with Crippen LogP contribution in [0, 0.1) is 0 Å². The van der Waals surface area contributed by atoms with E-state index in [0.29, 0.717) is 19.3 Å². The first-order valence-corrected chi connectivity index (χ1v) is 5.95. The van der Waals surface area contributed by atoms with E-state index in [9.17, 15) is 9.59 Å². The highest BCUT2D eigenvalue weighted by Crippen LogP contribution is 2.18. The molecule has 1 heterocycles. The molecule has 0 fully saturated rings. The average Bonchev–Trinajstić information content (AvgIpc) is 2.72. The van der Waals surface area contributed by atoms with Crippen LogP contribution in [-0.4, -0.2) is 21.8 Å². The third-order valence-electron chi connectivity index (χ3n) is 2.91. The van der Waals surface area contributed by atoms with Crippen molar-refractivity contribution < 1.29 is 14.7 Å². The van der Waals surface area contributed by atoms with E-state index in [1.807, 2.05) is 30.5 Å². The molecule has 0 saturated carbocycles. The van der Waals surface area contributed by atoms with Crippen molar-refractivity contribution in [2.45, 2.75) is 25.7 Å². The van der Waals surface area contributed by atoms with Crippen molar-refractivity contribution in [3.63, 3.8) is 0 Å². The number of para-hydroxylation sites is 1. The summed E-state index contributed by atoms with van der Waals surface area (Å²) in [6.45, 7) is 0. The lowest BCUT2D eigenvalue weighted by atomic mass is 10.0. The minimum atomic E-state index is -0.852. The third kappa shape index (κ3) is 2.97. The van der Waals surface area contributed by atoms with Gasteiger partial charge in [0.1, 0.15) is 5.78 Å². The maximum Gasteiger partial charge on any atom is 0.303 e. The number of benzene rings is 1. The first-order chi connectivity index (χ1) is 8.66. The number of hydrogen-bond acceptors (Lipinski definition) is 2. The zero-order valence-corrected chi connectivity index (χ0v) is 9.98. The monoisotopic (exact) mass is 245 g/mol. The van der Waals surface area contributed by atoms with Gasteiger partial charge in [0, 0.05) is 36.4 Å². The van der Waals surface area contributed by atoms with Crippen molar-refractivity contribution in [3.05, 3.63) is 36.0 Å². The Balaban J connectivity index is 1.97. The Labute approximate surface area is 105 Å². The maximum absolute atomic E-state index is 11.7. The van der Waals surface area contributed by atoms with Crippen molar-refractivity contribution >= 4 is 22.7 Å². The van der Waals surface area contributed by atoms with Gasteiger partial charge >= 0.3 is 5.97 Å². The lowest BCUT2D eigenvalue weighted by molar-refractivity contribution is -0.137. The van der Waals surface area contributed by atoms with Crippen LogP contribution in [0.5, 0.6) is 0 Å². The zero-order chi connectivity index (χ0) is 13.0. The fourth-order valence-electron chi connectivity index (χ4n) is 2.02. The number of fused-ring (bicyclic) bond motifs is 1. The largest absolute Gasteiger partial charge is 0.481 e. The smallest absolute Gasteiger partial charge is 0.303 e. The Morgan fingerprint density at radius 3 is 2.72 bits per heavy atom. The molecule has 1 aromatic carbocycles. The summed E-state index contributed by atoms with van der Waals surface area (Å²) in [7, 11) is 0. The quantitative estimate of drug-likeness (QED) is 0.821. The van der Waals surface area contributed by atoms with Crippen molar-refractivity contribution in [3.8, 4) is 0 Å². The fourth-order valence-corrected chi connectivity index (χ4v) is 2.02. The summed E-state index contributed by atoms with van der Waals surface area (Å²) in [4.78, 5) is 25.2. The standard InChI is InChI=1S/C14H15NO3/c16-11(4-3-7-14(17)18)8-10-9-15-13-6-2-1-5-12(10)13/h1-2,5-6,9,15H,3-4,7-8H2,(H,17,18). The van der Waals surface area contributed by atoms with Crippen molar-refractivity contribution in [2.24, 2.45) is 0 Å². The first kappa shape index (κ1) is 12.4. The highest BCUT2D eigenvalue weighted by Gasteiger charge is 2.09. The first-order valence-electron chi connectivity index (χ1n) is 5.95. The molecule has 2 N–H and O–H groups in total. The molecule has 0 saturated heterocycles. The van der Waals surface area contributed by atoms with Gasteiger partial charge in [-0.1, -0.05) is 18.2 Å². The van der Waals surface area contributed by atoms with Crippen LogP contribution in [0.25, 0.3) is 10.9 Å². The molecule has 0 aliphatic rings. The van der Waals surface area contributed by atoms with E-state index in [0.717, 1.165) is 16.5 Å². The predicted octanol–water partition coefficient (Wildman–Crippen LogP) is 2.53. The van der Waals surface area contributed by atoms with Crippen LogP contribution in [0.2, 0.25) is 0 Å². The Morgan fingerprint density at radius 1 is 1.17 bits per heavy atom. The molecule has 0 unspecified atom stereocenters. The normalized spacial score (nSPS) is 10.7. The number of hydrogen-bond donors (Lipinski definition) is 2. The van der Waals surface area contributed by atoms with E-state index in [1.54, 1.807) is 0 Å². The number of carbonyl (C=O) groups is 2. The van der Waals surface area contributed by atoms with Crippen molar-refractivity contribution in [1.29, 1.82) is 0 Å². The van der Waals surface area contributed by atoms with Crippen LogP contribution in [0.3, 0.4) is 0 Å². The number of carboxylic acids is 1. The number of carboxylic acid groups (broad SMARTS) is 1. The van der Waals surface area contributed by atoms with Gasteiger partial charge in [-0.25, -0.2) is 0 Å². The van der Waals surface area contributed by atoms with Crippen LogP contribution in [0.1, 0.15) is 24.8 Å². The zero-order valence-electron chi connectivity index (χ0n) is 9.98. The lowest BCUT2D eigenvalue weighted by Gasteiger charge is -1.99. The van der Waals surface area contributed by atoms with Gasteiger partial charge in [0.15, 0.2) is 0 Å². The molecule has 4 heteroatoms. The molecule has 0 amide bonds. The van der Waals surface area contributed by atoms with E-state index in [4.69, 9.17) is 5.11 Å². The number of ketones is 1. The SMILES string of the molecule is O=C(O)CCCC(=O)Cc1c[nH]c2ccccc12. The molecular formula is C14H15NO3. The second-order valence-electron chi connectivity index (χ2n) is 4.32. The topological polar surface area (TPSA) is 70.2 Å². The number of H-pyrrole nitrogens is 1. The molecule has 0 bridgehead atoms. The van der Waals surface area contributed by atoms with Gasteiger partial charge in [-0.2, -0.15) is 0 Å². The molecule has 0 aliphatic carbocycles. The summed E-state index contributed by atoms with van der Waals surface area (Å²) in [5.41, 5.74) is 2.00. The number of nitrogens with one attached hydrogen (secondary N) is 1. The van der Waals surface area contributed by atoms with Crippen LogP contribution >= 0.6 is 0 Å². The Kier molecular flexibility index (Phi) is 3.77. The van der Waals surface area contributed by atoms with Crippen molar-refractivity contribution in [2.75, 3.05) is 0 Å². The number of aliphatic carboxylic acids is 1. The molecule has 2 rings (SSSR count). The van der Waals surface area contributed by atoms with E-state index in [2.05, 4.69) is 4.98 Å². The molecule has 0 radical (unpaired) electrons. The molecule has 94 valence electrons. The average molecular weight is 245 g/mol. The minimum Gasteiger partial charge on any atom is -0.481 e. The molecule has 4 nitrogen and oxygen atoms in total. The third-order valence-corrected chi connectivity index (χ3v) is 2.91. The van der Waals surface area contributed by atoms with E-state index in [1.165, 1.54) is 0 Å². The van der Waals surface area contributed by atoms with E-state index < -0.39 is 5.97 Å². The van der Waals surface area contributed by atoms with Crippen molar-refractivity contribution in [1.82, 2.24) is 4.98 Å². The molecular weight excluding hydrogens is 230 g/mol. The molecule has 1 aromatic heterocycles. The van der Waals surface area contributed by atoms with E-state index in [-0.39, 0.29) is 12.2 Å². The van der Waals surface area contributed by atoms with E-state index >= 15 is 0 Å². The molecule has 0 atom stereocenters. The maximum atomic E-state index is 11.7. The second-order valence-corrected chi connectivity index (χ2v) is 4.32. The summed E-state index contributed by atoms with van der Waals surface area (Å²) < 4.78 is 0. The van der Waals surface area contributed by atoms with Gasteiger partial charge in [-0.3, -0.25) is 9.59 Å². The number of Topliss-reactive ketones (excluding diaryl/α,β-unsaturated/α-hetero) is 1. The molecule has 18 heavy (non-hydrogen) atoms. The Bertz CT molecular complexity index is 571. The van der Waals surface area contributed by atoms with Crippen LogP contribution < -0.4 is 0 Å². The highest BCUT2D eigenvalue weighted by molar-refractivity contribution is 5.89. The number of aromatic nitrogens is 1. The molecule has 0 spiro atoms. The van der Waals surface area contributed by atoms with Gasteiger partial charge in [0.05, 0.1) is 0 Å². The van der Waals surface area contributed by atoms with Gasteiger partial charge in [-0.05, 0) is 18.1 Å². The van der Waals surface area contributed by atoms with Gasteiger partial charge in [-0.15, -0.1) is 0 Å². The summed E-state index contributed by atoms with van der Waals surface area (Å²) in [5.74, 6) is -0.768. The summed E-state index contributed by atoms with van der Waals surface area (Å²) >= 11 is 0. The predicted molar refractivity (Wildman–Crippen MR) is 68.5 cm³/mol. The fraction of sp³-hybridized carbons (Fsp3) is 0.286. The second kappa shape index (κ2) is 5.49. The Morgan fingerprint density at radius 2 is 1.94 bits per heavy atom. The van der Waals surface area contributed by atoms with Crippen LogP contribution in [-0.2, 0) is 16.0 Å². The molecule has 0 aliphatic heterocycles. The highest BCUT2D eigenvalue weighted by atomic mass is 16.4. The summed E-state index contributed by atoms with van der Waals surface area (Å²) in [6, 6.07) is 7.82. The summed E-state index contributed by atoms with van der Waals surface area (Å²) in [5, 5.41) is 9.57.